The SMILES string of the molecule is CCC(C(=O)O)c1ccc(I)cc1[N+](=O)[O-]. The quantitative estimate of drug-likeness (QED) is 0.521. The lowest BCUT2D eigenvalue weighted by molar-refractivity contribution is -0.385. The van der Waals surface area contributed by atoms with Crippen molar-refractivity contribution in [1.29, 1.82) is 0 Å². The molecule has 0 aliphatic carbocycles. The molecule has 0 spiro atoms. The first kappa shape index (κ1) is 12.9. The number of nitrogens with zero attached hydrogens (tertiary/aromatic N) is 1. The van der Waals surface area contributed by atoms with Crippen molar-refractivity contribution in [1.82, 2.24) is 0 Å². The van der Waals surface area contributed by atoms with E-state index in [0.717, 1.165) is 0 Å². The van der Waals surface area contributed by atoms with Gasteiger partial charge in [0.25, 0.3) is 5.69 Å². The van der Waals surface area contributed by atoms with Crippen LogP contribution in [0.5, 0.6) is 0 Å². The van der Waals surface area contributed by atoms with Gasteiger partial charge in [-0.3, -0.25) is 14.9 Å². The Morgan fingerprint density at radius 2 is 2.25 bits per heavy atom. The molecule has 0 aliphatic rings. The first-order valence-electron chi connectivity index (χ1n) is 4.64. The second-order valence-electron chi connectivity index (χ2n) is 3.26. The predicted molar refractivity (Wildman–Crippen MR) is 66.5 cm³/mol. The van der Waals surface area contributed by atoms with Crippen LogP contribution in [0.15, 0.2) is 18.2 Å². The maximum Gasteiger partial charge on any atom is 0.311 e. The van der Waals surface area contributed by atoms with Gasteiger partial charge < -0.3 is 5.11 Å². The maximum atomic E-state index is 11.0. The summed E-state index contributed by atoms with van der Waals surface area (Å²) in [4.78, 5) is 21.3. The van der Waals surface area contributed by atoms with Crippen molar-refractivity contribution in [3.8, 4) is 0 Å². The highest BCUT2D eigenvalue weighted by atomic mass is 127. The van der Waals surface area contributed by atoms with Crippen molar-refractivity contribution >= 4 is 34.2 Å². The third kappa shape index (κ3) is 2.69. The standard InChI is InChI=1S/C10H10INO4/c1-2-7(10(13)14)8-4-3-6(11)5-9(8)12(15)16/h3-5,7H,2H2,1H3,(H,13,14). The van der Waals surface area contributed by atoms with E-state index in [2.05, 4.69) is 0 Å². The van der Waals surface area contributed by atoms with Crippen LogP contribution in [0.25, 0.3) is 0 Å². The van der Waals surface area contributed by atoms with Gasteiger partial charge in [0.05, 0.1) is 10.8 Å². The number of aliphatic carboxylic acids is 1. The summed E-state index contributed by atoms with van der Waals surface area (Å²) in [6.45, 7) is 1.69. The number of halogens is 1. The number of carbonyl (C=O) groups is 1. The highest BCUT2D eigenvalue weighted by Gasteiger charge is 2.26. The van der Waals surface area contributed by atoms with Crippen LogP contribution in [-0.4, -0.2) is 16.0 Å². The topological polar surface area (TPSA) is 80.4 Å². The third-order valence-electron chi connectivity index (χ3n) is 2.27. The molecule has 1 atom stereocenters. The number of rotatable bonds is 4. The van der Waals surface area contributed by atoms with Gasteiger partial charge in [-0.15, -0.1) is 0 Å². The Morgan fingerprint density at radius 3 is 2.69 bits per heavy atom. The fourth-order valence-corrected chi connectivity index (χ4v) is 1.97. The third-order valence-corrected chi connectivity index (χ3v) is 2.94. The van der Waals surface area contributed by atoms with Gasteiger partial charge in [-0.25, -0.2) is 0 Å². The van der Waals surface area contributed by atoms with Crippen LogP contribution in [0.3, 0.4) is 0 Å². The van der Waals surface area contributed by atoms with Gasteiger partial charge in [-0.1, -0.05) is 13.0 Å². The minimum atomic E-state index is -1.04. The molecule has 0 saturated carbocycles. The van der Waals surface area contributed by atoms with Crippen LogP contribution in [0.2, 0.25) is 0 Å². The Kier molecular flexibility index (Phi) is 4.22. The fraction of sp³-hybridized carbons (Fsp3) is 0.300. The summed E-state index contributed by atoms with van der Waals surface area (Å²) >= 11 is 1.96. The van der Waals surface area contributed by atoms with Crippen molar-refractivity contribution in [2.24, 2.45) is 0 Å². The minimum absolute atomic E-state index is 0.124. The molecule has 0 saturated heterocycles. The molecule has 1 aromatic carbocycles. The van der Waals surface area contributed by atoms with Crippen molar-refractivity contribution in [2.75, 3.05) is 0 Å². The van der Waals surface area contributed by atoms with E-state index in [1.165, 1.54) is 12.1 Å². The maximum absolute atomic E-state index is 11.0. The molecule has 0 aliphatic heterocycles. The van der Waals surface area contributed by atoms with Gasteiger partial charge in [0, 0.05) is 15.2 Å². The Labute approximate surface area is 106 Å². The van der Waals surface area contributed by atoms with Crippen LogP contribution >= 0.6 is 22.6 Å². The van der Waals surface area contributed by atoms with Gasteiger partial charge in [0.2, 0.25) is 0 Å². The molecule has 1 rings (SSSR count). The number of carboxylic acid groups (broad SMARTS) is 1. The summed E-state index contributed by atoms with van der Waals surface area (Å²) in [5.41, 5.74) is 0.140. The molecule has 0 heterocycles. The minimum Gasteiger partial charge on any atom is -0.481 e. The molecule has 6 heteroatoms. The van der Waals surface area contributed by atoms with Gasteiger partial charge in [0.15, 0.2) is 0 Å². The molecule has 0 aromatic heterocycles. The Morgan fingerprint density at radius 1 is 1.62 bits per heavy atom. The predicted octanol–water partition coefficient (Wildman–Crippen LogP) is 2.78. The van der Waals surface area contributed by atoms with Gasteiger partial charge >= 0.3 is 5.97 Å². The van der Waals surface area contributed by atoms with E-state index in [-0.39, 0.29) is 11.3 Å². The lowest BCUT2D eigenvalue weighted by Crippen LogP contribution is -2.12. The average molecular weight is 335 g/mol. The van der Waals surface area contributed by atoms with Crippen LogP contribution < -0.4 is 0 Å². The molecule has 1 N–H and O–H groups in total. The lowest BCUT2D eigenvalue weighted by Gasteiger charge is -2.10. The molecule has 0 fully saturated rings. The van der Waals surface area contributed by atoms with Gasteiger partial charge in [0.1, 0.15) is 0 Å². The molecule has 5 nitrogen and oxygen atoms in total. The van der Waals surface area contributed by atoms with Gasteiger partial charge in [-0.2, -0.15) is 0 Å². The molecule has 0 radical (unpaired) electrons. The van der Waals surface area contributed by atoms with Crippen molar-refractivity contribution in [3.63, 3.8) is 0 Å². The highest BCUT2D eigenvalue weighted by Crippen LogP contribution is 2.30. The number of benzene rings is 1. The number of nitro benzene ring substituents is 1. The fourth-order valence-electron chi connectivity index (χ4n) is 1.50. The molecule has 86 valence electrons. The lowest BCUT2D eigenvalue weighted by atomic mass is 9.95. The molecule has 0 amide bonds. The molecular formula is C10H10INO4. The summed E-state index contributed by atoms with van der Waals surface area (Å²) in [6.07, 6.45) is 0.330. The van der Waals surface area contributed by atoms with Crippen molar-refractivity contribution in [3.05, 3.63) is 37.4 Å². The summed E-state index contributed by atoms with van der Waals surface area (Å²) < 4.78 is 0.716. The Hall–Kier alpha value is -1.18. The number of nitro groups is 1. The Bertz CT molecular complexity index is 433. The van der Waals surface area contributed by atoms with Crippen molar-refractivity contribution < 1.29 is 14.8 Å². The van der Waals surface area contributed by atoms with E-state index in [9.17, 15) is 14.9 Å². The molecule has 1 unspecified atom stereocenters. The number of carboxylic acids is 1. The van der Waals surface area contributed by atoms with Crippen LogP contribution in [-0.2, 0) is 4.79 Å². The second-order valence-corrected chi connectivity index (χ2v) is 4.50. The van der Waals surface area contributed by atoms with E-state index in [0.29, 0.717) is 9.99 Å². The number of hydrogen-bond acceptors (Lipinski definition) is 3. The first-order valence-corrected chi connectivity index (χ1v) is 5.71. The number of hydrogen-bond donors (Lipinski definition) is 1. The van der Waals surface area contributed by atoms with E-state index < -0.39 is 16.8 Å². The highest BCUT2D eigenvalue weighted by molar-refractivity contribution is 14.1. The van der Waals surface area contributed by atoms with E-state index in [1.807, 2.05) is 22.6 Å². The smallest absolute Gasteiger partial charge is 0.311 e. The summed E-state index contributed by atoms with van der Waals surface area (Å²) in [7, 11) is 0. The van der Waals surface area contributed by atoms with Crippen LogP contribution in [0, 0.1) is 13.7 Å². The summed E-state index contributed by atoms with van der Waals surface area (Å²) in [5, 5.41) is 19.8. The van der Waals surface area contributed by atoms with E-state index >= 15 is 0 Å². The Balaban J connectivity index is 3.31. The van der Waals surface area contributed by atoms with Crippen LogP contribution in [0.1, 0.15) is 24.8 Å². The molecule has 1 aromatic rings. The molecule has 0 bridgehead atoms. The zero-order valence-corrected chi connectivity index (χ0v) is 10.7. The second kappa shape index (κ2) is 5.24. The first-order chi connectivity index (χ1) is 7.47. The normalized spacial score (nSPS) is 12.1. The zero-order chi connectivity index (χ0) is 12.3. The summed E-state index contributed by atoms with van der Waals surface area (Å²) in [6, 6.07) is 4.58. The zero-order valence-electron chi connectivity index (χ0n) is 8.51. The average Bonchev–Trinajstić information content (AvgIpc) is 2.20. The molecular weight excluding hydrogens is 325 g/mol. The largest absolute Gasteiger partial charge is 0.481 e. The van der Waals surface area contributed by atoms with Crippen molar-refractivity contribution in [2.45, 2.75) is 19.3 Å². The van der Waals surface area contributed by atoms with Crippen LogP contribution in [0.4, 0.5) is 5.69 Å². The van der Waals surface area contributed by atoms with E-state index in [4.69, 9.17) is 5.11 Å². The van der Waals surface area contributed by atoms with Gasteiger partial charge in [-0.05, 0) is 35.1 Å². The molecule has 16 heavy (non-hydrogen) atoms. The summed E-state index contributed by atoms with van der Waals surface area (Å²) in [5.74, 6) is -1.86. The monoisotopic (exact) mass is 335 g/mol. The van der Waals surface area contributed by atoms with E-state index in [1.54, 1.807) is 13.0 Å².